The van der Waals surface area contributed by atoms with Crippen molar-refractivity contribution in [2.24, 2.45) is 5.14 Å². The Hall–Kier alpha value is -1.42. The van der Waals surface area contributed by atoms with Crippen molar-refractivity contribution >= 4 is 39.5 Å². The first-order chi connectivity index (χ1) is 10.5. The summed E-state index contributed by atoms with van der Waals surface area (Å²) < 4.78 is 6.22. The summed E-state index contributed by atoms with van der Waals surface area (Å²) in [5.41, 5.74) is 0.787. The number of rotatable bonds is 6. The maximum atomic E-state index is 9.51. The van der Waals surface area contributed by atoms with E-state index in [1.807, 2.05) is 12.1 Å². The molecule has 0 fully saturated rings. The number of nitrogens with one attached hydrogen (secondary N) is 2. The van der Waals surface area contributed by atoms with Gasteiger partial charge in [-0.2, -0.15) is 4.98 Å². The van der Waals surface area contributed by atoms with Gasteiger partial charge in [0.15, 0.2) is 6.20 Å². The Morgan fingerprint density at radius 3 is 2.82 bits per heavy atom. The molecule has 2 aromatic rings. The van der Waals surface area contributed by atoms with Crippen molar-refractivity contribution in [3.63, 3.8) is 0 Å². The van der Waals surface area contributed by atoms with Crippen molar-refractivity contribution in [1.29, 1.82) is 0 Å². The van der Waals surface area contributed by atoms with Crippen LogP contribution in [0.1, 0.15) is 13.8 Å². The Morgan fingerprint density at radius 2 is 2.23 bits per heavy atom. The first-order valence-electron chi connectivity index (χ1n) is 6.52. The molecule has 0 aliphatic carbocycles. The quantitative estimate of drug-likeness (QED) is 0.650. The number of pyridine rings is 1. The minimum Gasteiger partial charge on any atom is -0.471 e. The minimum atomic E-state index is -0.603. The molecule has 9 heteroatoms. The zero-order valence-electron chi connectivity index (χ0n) is 12.1. The van der Waals surface area contributed by atoms with E-state index in [-0.39, 0.29) is 6.10 Å². The van der Waals surface area contributed by atoms with Crippen molar-refractivity contribution in [2.75, 3.05) is 5.32 Å². The highest BCUT2D eigenvalue weighted by atomic mass is 79.9. The number of halogens is 1. The number of hydrogen-bond acceptors (Lipinski definition) is 7. The van der Waals surface area contributed by atoms with E-state index in [9.17, 15) is 5.11 Å². The topological polar surface area (TPSA) is 107 Å². The van der Waals surface area contributed by atoms with Crippen LogP contribution in [-0.2, 0) is 0 Å². The molecule has 2 rings (SSSR count). The number of aromatic amines is 1. The van der Waals surface area contributed by atoms with Gasteiger partial charge in [-0.05, 0) is 35.8 Å². The Kier molecular flexibility index (Phi) is 5.95. The van der Waals surface area contributed by atoms with Crippen molar-refractivity contribution < 1.29 is 14.8 Å². The van der Waals surface area contributed by atoms with Crippen molar-refractivity contribution in [3.05, 3.63) is 29.0 Å². The van der Waals surface area contributed by atoms with Crippen LogP contribution < -0.4 is 20.2 Å². The third-order valence-electron chi connectivity index (χ3n) is 2.86. The van der Waals surface area contributed by atoms with Gasteiger partial charge in [0, 0.05) is 18.0 Å². The van der Waals surface area contributed by atoms with Gasteiger partial charge in [0.2, 0.25) is 11.8 Å². The molecular formula is C13H17BrN5O2S+. The molecule has 0 aromatic carbocycles. The van der Waals surface area contributed by atoms with E-state index in [1.54, 1.807) is 26.2 Å². The summed E-state index contributed by atoms with van der Waals surface area (Å²) in [5.74, 6) is 0.751. The number of nitrogens with zero attached hydrogens (tertiary/aromatic N) is 2. The second kappa shape index (κ2) is 7.73. The largest absolute Gasteiger partial charge is 0.471 e. The van der Waals surface area contributed by atoms with E-state index in [1.165, 1.54) is 0 Å². The number of aliphatic hydroxyl groups is 1. The van der Waals surface area contributed by atoms with Crippen LogP contribution in [0.15, 0.2) is 34.0 Å². The van der Waals surface area contributed by atoms with Crippen LogP contribution in [0.2, 0.25) is 0 Å². The Bertz CT molecular complexity index is 626. The van der Waals surface area contributed by atoms with Crippen molar-refractivity contribution in [2.45, 2.75) is 31.1 Å². The fourth-order valence-corrected chi connectivity index (χ4v) is 2.02. The normalized spacial score (nSPS) is 13.5. The molecule has 0 unspecified atom stereocenters. The van der Waals surface area contributed by atoms with Crippen molar-refractivity contribution in [1.82, 2.24) is 9.97 Å². The number of ether oxygens (including phenoxy) is 1. The van der Waals surface area contributed by atoms with Gasteiger partial charge in [-0.1, -0.05) is 0 Å². The lowest BCUT2D eigenvalue weighted by Gasteiger charge is -2.17. The highest BCUT2D eigenvalue weighted by Gasteiger charge is 2.15. The Balaban J connectivity index is 2.14. The molecule has 2 aromatic heterocycles. The van der Waals surface area contributed by atoms with Crippen molar-refractivity contribution in [3.8, 4) is 5.88 Å². The van der Waals surface area contributed by atoms with E-state index < -0.39 is 6.10 Å². The van der Waals surface area contributed by atoms with E-state index in [0.29, 0.717) is 16.3 Å². The lowest BCUT2D eigenvalue weighted by molar-refractivity contribution is -0.425. The molecule has 0 saturated heterocycles. The zero-order chi connectivity index (χ0) is 16.1. The van der Waals surface area contributed by atoms with Gasteiger partial charge in [-0.25, -0.2) is 9.97 Å². The van der Waals surface area contributed by atoms with Crippen LogP contribution in [0, 0.1) is 0 Å². The Labute approximate surface area is 141 Å². The van der Waals surface area contributed by atoms with Crippen LogP contribution >= 0.6 is 27.9 Å². The average molecular weight is 387 g/mol. The molecule has 0 aliphatic rings. The van der Waals surface area contributed by atoms with E-state index in [4.69, 9.17) is 9.88 Å². The third-order valence-corrected chi connectivity index (χ3v) is 3.91. The van der Waals surface area contributed by atoms with Crippen LogP contribution in [0.25, 0.3) is 0 Å². The molecule has 0 aliphatic heterocycles. The fraction of sp³-hybridized carbons (Fsp3) is 0.308. The molecule has 2 heterocycles. The van der Waals surface area contributed by atoms with Gasteiger partial charge in [0.25, 0.3) is 5.03 Å². The van der Waals surface area contributed by atoms with E-state index in [0.717, 1.165) is 22.7 Å². The number of nitrogens with two attached hydrogens (primary N) is 1. The maximum Gasteiger partial charge on any atom is 0.253 e. The molecular weight excluding hydrogens is 370 g/mol. The number of H-pyrrole nitrogens is 1. The summed E-state index contributed by atoms with van der Waals surface area (Å²) in [5, 5.41) is 18.9. The SMILES string of the molecule is C[C@@H](O)[C@@H](C)Oc1nc(Nc2ccc(SN)[nH+]c2)ncc1Br. The summed E-state index contributed by atoms with van der Waals surface area (Å²) in [6.45, 7) is 3.43. The highest BCUT2D eigenvalue weighted by Crippen LogP contribution is 2.25. The molecule has 0 bridgehead atoms. The smallest absolute Gasteiger partial charge is 0.253 e. The maximum absolute atomic E-state index is 9.51. The van der Waals surface area contributed by atoms with Gasteiger partial charge in [0.05, 0.1) is 16.8 Å². The Morgan fingerprint density at radius 1 is 1.45 bits per heavy atom. The lowest BCUT2D eigenvalue weighted by Crippen LogP contribution is -2.26. The van der Waals surface area contributed by atoms with Gasteiger partial charge >= 0.3 is 0 Å². The number of aliphatic hydroxyl groups excluding tert-OH is 1. The monoisotopic (exact) mass is 386 g/mol. The highest BCUT2D eigenvalue weighted by molar-refractivity contribution is 9.10. The summed E-state index contributed by atoms with van der Waals surface area (Å²) >= 11 is 4.46. The molecule has 118 valence electrons. The molecule has 7 nitrogen and oxygen atoms in total. The summed E-state index contributed by atoms with van der Waals surface area (Å²) in [6, 6.07) is 3.70. The van der Waals surface area contributed by atoms with Crippen LogP contribution in [0.5, 0.6) is 5.88 Å². The molecule has 22 heavy (non-hydrogen) atoms. The molecule has 0 spiro atoms. The van der Waals surface area contributed by atoms with Gasteiger partial charge in [-0.15, -0.1) is 0 Å². The van der Waals surface area contributed by atoms with E-state index in [2.05, 4.69) is 36.2 Å². The summed E-state index contributed by atoms with van der Waals surface area (Å²) in [7, 11) is 0. The predicted octanol–water partition coefficient (Wildman–Crippen LogP) is 1.91. The first kappa shape index (κ1) is 16.9. The fourth-order valence-electron chi connectivity index (χ4n) is 1.46. The van der Waals surface area contributed by atoms with E-state index >= 15 is 0 Å². The summed E-state index contributed by atoms with van der Waals surface area (Å²) in [4.78, 5) is 11.5. The van der Waals surface area contributed by atoms with Crippen LogP contribution in [-0.4, -0.2) is 27.3 Å². The second-order valence-electron chi connectivity index (χ2n) is 4.59. The zero-order valence-corrected chi connectivity index (χ0v) is 14.5. The third kappa shape index (κ3) is 4.54. The second-order valence-corrected chi connectivity index (χ2v) is 6.12. The molecule has 0 saturated carbocycles. The van der Waals surface area contributed by atoms with Gasteiger partial charge < -0.3 is 15.2 Å². The predicted molar refractivity (Wildman–Crippen MR) is 87.8 cm³/mol. The first-order valence-corrected chi connectivity index (χ1v) is 8.19. The lowest BCUT2D eigenvalue weighted by atomic mass is 10.3. The van der Waals surface area contributed by atoms with Crippen LogP contribution in [0.3, 0.4) is 0 Å². The standard InChI is InChI=1S/C13H16BrN5O2S/c1-7(20)8(2)21-12-10(14)6-17-13(19-12)18-9-3-4-11(22-15)16-5-9/h3-8,20H,15H2,1-2H3,(H,17,18,19)/p+1/t7-,8-/m1/s1. The minimum absolute atomic E-state index is 0.365. The number of hydrogen-bond donors (Lipinski definition) is 3. The number of anilines is 2. The summed E-state index contributed by atoms with van der Waals surface area (Å²) in [6.07, 6.45) is 2.37. The molecule has 0 amide bonds. The molecule has 2 atom stereocenters. The molecule has 5 N–H and O–H groups in total. The molecule has 0 radical (unpaired) electrons. The number of aromatic nitrogens is 3. The van der Waals surface area contributed by atoms with Gasteiger partial charge in [-0.3, -0.25) is 5.14 Å². The average Bonchev–Trinajstić information content (AvgIpc) is 2.51. The van der Waals surface area contributed by atoms with Crippen LogP contribution in [0.4, 0.5) is 11.6 Å². The van der Waals surface area contributed by atoms with Gasteiger partial charge in [0.1, 0.15) is 11.8 Å².